The van der Waals surface area contributed by atoms with Gasteiger partial charge in [0.25, 0.3) is 0 Å². The molecule has 0 aromatic heterocycles. The number of fused-ring (bicyclic) bond motifs is 5. The van der Waals surface area contributed by atoms with Crippen LogP contribution in [0.4, 0.5) is 18.0 Å². The van der Waals surface area contributed by atoms with E-state index in [1.807, 2.05) is 28.1 Å². The standard InChI is InChI=1S/C31H52F3N4O3/c1-21(36-41-28(40)37(20-31(32,33)34)17-15-35-16-18-38(4,5)6)25-9-10-26-24-8-7-22-19-23(39)11-13-29(22,2)27(24)12-14-30(25,26)3/h19,23-27,35,39H,7-18,20H2,1-6H3/q+1/b36-21+/t23-,24-,25+,26-,27-,29-,30+/m0/s1. The van der Waals surface area contributed by atoms with Crippen LogP contribution in [-0.4, -0.2) is 92.4 Å². The molecule has 0 radical (unpaired) electrons. The molecule has 234 valence electrons. The van der Waals surface area contributed by atoms with Crippen LogP contribution in [0.15, 0.2) is 16.8 Å². The molecule has 7 atom stereocenters. The van der Waals surface area contributed by atoms with Crippen molar-refractivity contribution in [1.29, 1.82) is 0 Å². The Labute approximate surface area is 244 Å². The molecule has 3 saturated carbocycles. The zero-order valence-electron chi connectivity index (χ0n) is 25.9. The zero-order chi connectivity index (χ0) is 30.2. The predicted octanol–water partition coefficient (Wildman–Crippen LogP) is 5.60. The molecule has 4 rings (SSSR count). The molecule has 0 heterocycles. The van der Waals surface area contributed by atoms with Gasteiger partial charge in [-0.05, 0) is 86.9 Å². The van der Waals surface area contributed by atoms with Gasteiger partial charge in [-0.2, -0.15) is 13.2 Å². The van der Waals surface area contributed by atoms with Crippen molar-refractivity contribution in [3.8, 4) is 0 Å². The summed E-state index contributed by atoms with van der Waals surface area (Å²) in [6.07, 6.45) is 4.56. The third kappa shape index (κ3) is 7.29. The predicted molar refractivity (Wildman–Crippen MR) is 154 cm³/mol. The fourth-order valence-corrected chi connectivity index (χ4v) is 8.83. The van der Waals surface area contributed by atoms with E-state index in [1.54, 1.807) is 0 Å². The molecular formula is C31H52F3N4O3+. The highest BCUT2D eigenvalue weighted by atomic mass is 19.4. The fraction of sp³-hybridized carbons (Fsp3) is 0.871. The number of allylic oxidation sites excluding steroid dienone is 1. The smallest absolute Gasteiger partial charge is 0.389 e. The van der Waals surface area contributed by atoms with Gasteiger partial charge in [0.1, 0.15) is 6.54 Å². The summed E-state index contributed by atoms with van der Waals surface area (Å²) in [5.74, 6) is 1.94. The maximum Gasteiger partial charge on any atom is 0.436 e. The molecule has 0 aromatic rings. The van der Waals surface area contributed by atoms with E-state index in [2.05, 4.69) is 30.4 Å². The Morgan fingerprint density at radius 2 is 1.85 bits per heavy atom. The van der Waals surface area contributed by atoms with E-state index in [1.165, 1.54) is 5.57 Å². The van der Waals surface area contributed by atoms with Crippen LogP contribution in [0.3, 0.4) is 0 Å². The number of oxime groups is 1. The monoisotopic (exact) mass is 585 g/mol. The Morgan fingerprint density at radius 1 is 1.12 bits per heavy atom. The number of hydrogen-bond acceptors (Lipinski definition) is 5. The summed E-state index contributed by atoms with van der Waals surface area (Å²) < 4.78 is 40.5. The number of halogens is 3. The fourth-order valence-electron chi connectivity index (χ4n) is 8.83. The molecule has 0 aromatic carbocycles. The molecule has 0 bridgehead atoms. The van der Waals surface area contributed by atoms with Gasteiger partial charge >= 0.3 is 12.3 Å². The van der Waals surface area contributed by atoms with Gasteiger partial charge < -0.3 is 14.9 Å². The normalized spacial score (nSPS) is 35.7. The summed E-state index contributed by atoms with van der Waals surface area (Å²) in [7, 11) is 6.12. The van der Waals surface area contributed by atoms with Crippen molar-refractivity contribution in [3.63, 3.8) is 0 Å². The van der Waals surface area contributed by atoms with Crippen molar-refractivity contribution in [3.05, 3.63) is 11.6 Å². The van der Waals surface area contributed by atoms with Gasteiger partial charge in [-0.15, -0.1) is 0 Å². The van der Waals surface area contributed by atoms with E-state index in [0.717, 1.165) is 62.4 Å². The Balaban J connectivity index is 1.38. The number of carbonyl (C=O) groups excluding carboxylic acids is 1. The summed E-state index contributed by atoms with van der Waals surface area (Å²) >= 11 is 0. The van der Waals surface area contributed by atoms with Crippen LogP contribution in [0.25, 0.3) is 0 Å². The van der Waals surface area contributed by atoms with E-state index < -0.39 is 18.8 Å². The van der Waals surface area contributed by atoms with E-state index in [0.29, 0.717) is 34.9 Å². The van der Waals surface area contributed by atoms with Crippen molar-refractivity contribution in [1.82, 2.24) is 10.2 Å². The van der Waals surface area contributed by atoms with Gasteiger partial charge in [-0.3, -0.25) is 9.74 Å². The number of aliphatic hydroxyl groups excluding tert-OH is 1. The van der Waals surface area contributed by atoms with Gasteiger partial charge in [-0.25, -0.2) is 4.79 Å². The number of aliphatic hydroxyl groups is 1. The second kappa shape index (κ2) is 12.2. The van der Waals surface area contributed by atoms with Gasteiger partial charge in [0, 0.05) is 25.6 Å². The van der Waals surface area contributed by atoms with Crippen molar-refractivity contribution >= 4 is 11.8 Å². The molecular weight excluding hydrogens is 533 g/mol. The lowest BCUT2D eigenvalue weighted by Crippen LogP contribution is -2.51. The number of likely N-dealkylation sites (N-methyl/N-ethyl adjacent to an activating group) is 1. The van der Waals surface area contributed by atoms with Gasteiger partial charge in [-0.1, -0.05) is 30.7 Å². The molecule has 1 amide bonds. The number of hydrogen-bond donors (Lipinski definition) is 2. The molecule has 0 unspecified atom stereocenters. The first-order valence-corrected chi connectivity index (χ1v) is 15.5. The lowest BCUT2D eigenvalue weighted by molar-refractivity contribution is -0.869. The number of nitrogens with one attached hydrogen (secondary N) is 1. The van der Waals surface area contributed by atoms with E-state index >= 15 is 0 Å². The molecule has 10 heteroatoms. The number of amides is 1. The SMILES string of the molecule is C/C(=N\OC(=O)N(CCNCC[N+](C)(C)C)CC(F)(F)F)[C@H]1CC[C@H]2[C@@H]3CCC4=C[C@@H](O)CC[C@]4(C)[C@H]3CC[C@]12C. The first-order chi connectivity index (χ1) is 19.0. The summed E-state index contributed by atoms with van der Waals surface area (Å²) in [4.78, 5) is 18.6. The first kappa shape index (κ1) is 32.3. The summed E-state index contributed by atoms with van der Waals surface area (Å²) in [5, 5.41) is 17.5. The lowest BCUT2D eigenvalue weighted by Gasteiger charge is -2.58. The number of quaternary nitrogens is 1. The van der Waals surface area contributed by atoms with Crippen molar-refractivity contribution < 1.29 is 32.4 Å². The number of alkyl halides is 3. The third-order valence-corrected chi connectivity index (χ3v) is 11.0. The van der Waals surface area contributed by atoms with Crippen molar-refractivity contribution in [2.75, 3.05) is 53.9 Å². The number of rotatable bonds is 9. The van der Waals surface area contributed by atoms with Crippen LogP contribution in [0.1, 0.15) is 72.1 Å². The lowest BCUT2D eigenvalue weighted by atomic mass is 9.46. The Hall–Kier alpha value is -1.65. The third-order valence-electron chi connectivity index (χ3n) is 11.0. The maximum atomic E-state index is 13.2. The number of nitrogens with zero attached hydrogens (tertiary/aromatic N) is 3. The molecule has 0 saturated heterocycles. The molecule has 2 N–H and O–H groups in total. The average Bonchev–Trinajstić information content (AvgIpc) is 3.22. The van der Waals surface area contributed by atoms with E-state index in [9.17, 15) is 23.1 Å². The summed E-state index contributed by atoms with van der Waals surface area (Å²) in [5.41, 5.74) is 2.36. The minimum Gasteiger partial charge on any atom is -0.389 e. The van der Waals surface area contributed by atoms with Crippen molar-refractivity contribution in [2.24, 2.45) is 39.7 Å². The average molecular weight is 586 g/mol. The topological polar surface area (TPSA) is 74.2 Å². The van der Waals surface area contributed by atoms with Crippen LogP contribution < -0.4 is 5.32 Å². The molecule has 0 spiro atoms. The molecule has 4 aliphatic rings. The largest absolute Gasteiger partial charge is 0.436 e. The first-order valence-electron chi connectivity index (χ1n) is 15.5. The zero-order valence-corrected chi connectivity index (χ0v) is 25.9. The van der Waals surface area contributed by atoms with Crippen LogP contribution in [0.2, 0.25) is 0 Å². The Kier molecular flexibility index (Phi) is 9.56. The molecule has 41 heavy (non-hydrogen) atoms. The van der Waals surface area contributed by atoms with Crippen molar-refractivity contribution in [2.45, 2.75) is 84.4 Å². The molecule has 3 fully saturated rings. The van der Waals surface area contributed by atoms with E-state index in [-0.39, 0.29) is 35.9 Å². The minimum absolute atomic E-state index is 0.0358. The van der Waals surface area contributed by atoms with Gasteiger partial charge in [0.15, 0.2) is 0 Å². The van der Waals surface area contributed by atoms with Gasteiger partial charge in [0.05, 0.1) is 39.5 Å². The van der Waals surface area contributed by atoms with Crippen LogP contribution >= 0.6 is 0 Å². The summed E-state index contributed by atoms with van der Waals surface area (Å²) in [6.45, 7) is 6.85. The minimum atomic E-state index is -4.52. The highest BCUT2D eigenvalue weighted by molar-refractivity contribution is 5.85. The highest BCUT2D eigenvalue weighted by Gasteiger charge is 2.59. The Morgan fingerprint density at radius 3 is 2.54 bits per heavy atom. The molecule has 0 aliphatic heterocycles. The summed E-state index contributed by atoms with van der Waals surface area (Å²) in [6, 6.07) is 0. The second-order valence-corrected chi connectivity index (χ2v) is 14.7. The second-order valence-electron chi connectivity index (χ2n) is 14.7. The molecule has 4 aliphatic carbocycles. The van der Waals surface area contributed by atoms with Gasteiger partial charge in [0.2, 0.25) is 0 Å². The van der Waals surface area contributed by atoms with Crippen LogP contribution in [0, 0.1) is 34.5 Å². The van der Waals surface area contributed by atoms with E-state index in [4.69, 9.17) is 4.84 Å². The molecule has 7 nitrogen and oxygen atoms in total. The Bertz CT molecular complexity index is 1010. The maximum absolute atomic E-state index is 13.2. The number of carbonyl (C=O) groups is 1. The van der Waals surface area contributed by atoms with Crippen LogP contribution in [0.5, 0.6) is 0 Å². The van der Waals surface area contributed by atoms with Crippen LogP contribution in [-0.2, 0) is 4.84 Å². The quantitative estimate of drug-likeness (QED) is 0.0923. The highest BCUT2D eigenvalue weighted by Crippen LogP contribution is 2.66.